The van der Waals surface area contributed by atoms with Gasteiger partial charge in [0.2, 0.25) is 0 Å². The van der Waals surface area contributed by atoms with Gasteiger partial charge >= 0.3 is 0 Å². The van der Waals surface area contributed by atoms with E-state index in [-0.39, 0.29) is 5.82 Å². The molecule has 6 nitrogen and oxygen atoms in total. The third kappa shape index (κ3) is 4.43. The zero-order chi connectivity index (χ0) is 20.2. The summed E-state index contributed by atoms with van der Waals surface area (Å²) in [6.45, 7) is 0.615. The van der Waals surface area contributed by atoms with Crippen LogP contribution >= 0.6 is 15.9 Å². The van der Waals surface area contributed by atoms with Gasteiger partial charge in [0.15, 0.2) is 0 Å². The Morgan fingerprint density at radius 2 is 1.86 bits per heavy atom. The SMILES string of the molecule is COc1ccc(CNc2cc3c(Nc4ccc(F)c(Br)c4)ncnc3cn2)cc1. The first kappa shape index (κ1) is 19.1. The molecule has 0 bridgehead atoms. The van der Waals surface area contributed by atoms with E-state index in [1.54, 1.807) is 25.4 Å². The van der Waals surface area contributed by atoms with Crippen LogP contribution in [-0.4, -0.2) is 22.1 Å². The van der Waals surface area contributed by atoms with Gasteiger partial charge in [0.05, 0.1) is 23.3 Å². The number of nitrogens with zero attached hydrogens (tertiary/aromatic N) is 3. The third-order valence-corrected chi connectivity index (χ3v) is 4.94. The quantitative estimate of drug-likeness (QED) is 0.413. The van der Waals surface area contributed by atoms with Gasteiger partial charge in [-0.3, -0.25) is 0 Å². The summed E-state index contributed by atoms with van der Waals surface area (Å²) in [5.74, 6) is 1.81. The molecule has 0 atom stereocenters. The summed E-state index contributed by atoms with van der Waals surface area (Å²) in [7, 11) is 1.64. The van der Waals surface area contributed by atoms with Gasteiger partial charge in [-0.25, -0.2) is 19.3 Å². The predicted octanol–water partition coefficient (Wildman–Crippen LogP) is 5.29. The van der Waals surface area contributed by atoms with Crippen molar-refractivity contribution >= 4 is 44.2 Å². The Labute approximate surface area is 175 Å². The molecule has 0 saturated carbocycles. The number of pyridine rings is 1. The molecule has 2 N–H and O–H groups in total. The van der Waals surface area contributed by atoms with Crippen LogP contribution in [0.3, 0.4) is 0 Å². The fourth-order valence-corrected chi connectivity index (χ4v) is 3.18. The molecule has 0 spiro atoms. The van der Waals surface area contributed by atoms with Gasteiger partial charge in [-0.1, -0.05) is 12.1 Å². The maximum atomic E-state index is 13.5. The van der Waals surface area contributed by atoms with Crippen LogP contribution in [-0.2, 0) is 6.54 Å². The number of anilines is 3. The molecule has 2 heterocycles. The fraction of sp³-hybridized carbons (Fsp3) is 0.0952. The monoisotopic (exact) mass is 453 g/mol. The molecule has 0 amide bonds. The minimum Gasteiger partial charge on any atom is -0.497 e. The molecule has 146 valence electrons. The number of methoxy groups -OCH3 is 1. The summed E-state index contributed by atoms with van der Waals surface area (Å²) < 4.78 is 19.0. The molecule has 8 heteroatoms. The lowest BCUT2D eigenvalue weighted by Gasteiger charge is -2.11. The summed E-state index contributed by atoms with van der Waals surface area (Å²) in [5.41, 5.74) is 2.52. The van der Waals surface area contributed by atoms with Crippen molar-refractivity contribution in [3.05, 3.63) is 76.9 Å². The van der Waals surface area contributed by atoms with Crippen LogP contribution in [0.25, 0.3) is 10.9 Å². The zero-order valence-electron chi connectivity index (χ0n) is 15.5. The number of halogens is 2. The first-order chi connectivity index (χ1) is 14.1. The number of aromatic nitrogens is 3. The number of rotatable bonds is 6. The first-order valence-corrected chi connectivity index (χ1v) is 9.61. The van der Waals surface area contributed by atoms with E-state index < -0.39 is 0 Å². The van der Waals surface area contributed by atoms with Gasteiger partial charge in [0, 0.05) is 17.6 Å². The second-order valence-corrected chi connectivity index (χ2v) is 7.12. The number of benzene rings is 2. The maximum absolute atomic E-state index is 13.5. The van der Waals surface area contributed by atoms with E-state index in [0.717, 1.165) is 16.7 Å². The van der Waals surface area contributed by atoms with Crippen molar-refractivity contribution in [2.24, 2.45) is 0 Å². The van der Waals surface area contributed by atoms with Crippen molar-refractivity contribution in [2.75, 3.05) is 17.7 Å². The van der Waals surface area contributed by atoms with Gasteiger partial charge in [0.25, 0.3) is 0 Å². The molecule has 29 heavy (non-hydrogen) atoms. The van der Waals surface area contributed by atoms with E-state index in [0.29, 0.717) is 33.9 Å². The number of hydrogen-bond donors (Lipinski definition) is 2. The summed E-state index contributed by atoms with van der Waals surface area (Å²) in [6, 6.07) is 14.4. The Morgan fingerprint density at radius 3 is 2.62 bits per heavy atom. The average molecular weight is 454 g/mol. The lowest BCUT2D eigenvalue weighted by Crippen LogP contribution is -2.02. The summed E-state index contributed by atoms with van der Waals surface area (Å²) in [5, 5.41) is 7.32. The minimum atomic E-state index is -0.322. The van der Waals surface area contributed by atoms with Crippen LogP contribution in [0.15, 0.2) is 65.5 Å². The molecular formula is C21H17BrFN5O. The maximum Gasteiger partial charge on any atom is 0.141 e. The molecule has 2 aromatic carbocycles. The first-order valence-electron chi connectivity index (χ1n) is 8.82. The van der Waals surface area contributed by atoms with E-state index in [1.807, 2.05) is 30.3 Å². The third-order valence-electron chi connectivity index (χ3n) is 4.34. The topological polar surface area (TPSA) is 72.0 Å². The molecule has 0 unspecified atom stereocenters. The van der Waals surface area contributed by atoms with Crippen LogP contribution in [0.2, 0.25) is 0 Å². The van der Waals surface area contributed by atoms with Gasteiger partial charge in [0.1, 0.15) is 29.5 Å². The van der Waals surface area contributed by atoms with E-state index in [9.17, 15) is 4.39 Å². The lowest BCUT2D eigenvalue weighted by atomic mass is 10.2. The summed E-state index contributed by atoms with van der Waals surface area (Å²) in [4.78, 5) is 13.0. The van der Waals surface area contributed by atoms with Gasteiger partial charge < -0.3 is 15.4 Å². The van der Waals surface area contributed by atoms with Gasteiger partial charge in [-0.05, 0) is 57.9 Å². The smallest absolute Gasteiger partial charge is 0.141 e. The Hall–Kier alpha value is -3.26. The predicted molar refractivity (Wildman–Crippen MR) is 115 cm³/mol. The molecular weight excluding hydrogens is 437 g/mol. The van der Waals surface area contributed by atoms with Crippen molar-refractivity contribution in [2.45, 2.75) is 6.54 Å². The molecule has 2 aromatic heterocycles. The highest BCUT2D eigenvalue weighted by Gasteiger charge is 2.08. The van der Waals surface area contributed by atoms with Crippen molar-refractivity contribution < 1.29 is 9.13 Å². The molecule has 0 aliphatic heterocycles. The number of fused-ring (bicyclic) bond motifs is 1. The minimum absolute atomic E-state index is 0.322. The molecule has 0 saturated heterocycles. The number of hydrogen-bond acceptors (Lipinski definition) is 6. The van der Waals surface area contributed by atoms with Crippen LogP contribution < -0.4 is 15.4 Å². The number of ether oxygens (including phenoxy) is 1. The molecule has 0 radical (unpaired) electrons. The van der Waals surface area contributed by atoms with Gasteiger partial charge in [-0.2, -0.15) is 0 Å². The highest BCUT2D eigenvalue weighted by molar-refractivity contribution is 9.10. The summed E-state index contributed by atoms with van der Waals surface area (Å²) >= 11 is 3.20. The van der Waals surface area contributed by atoms with E-state index >= 15 is 0 Å². The van der Waals surface area contributed by atoms with E-state index in [4.69, 9.17) is 4.74 Å². The Kier molecular flexibility index (Phi) is 5.53. The van der Waals surface area contributed by atoms with Crippen molar-refractivity contribution in [1.29, 1.82) is 0 Å². The zero-order valence-corrected chi connectivity index (χ0v) is 17.1. The summed E-state index contributed by atoms with van der Waals surface area (Å²) in [6.07, 6.45) is 3.16. The van der Waals surface area contributed by atoms with Crippen LogP contribution in [0, 0.1) is 5.82 Å². The highest BCUT2D eigenvalue weighted by Crippen LogP contribution is 2.27. The Bertz CT molecular complexity index is 1150. The van der Waals surface area contributed by atoms with Crippen LogP contribution in [0.4, 0.5) is 21.7 Å². The van der Waals surface area contributed by atoms with Crippen LogP contribution in [0.1, 0.15) is 5.56 Å². The molecule has 0 fully saturated rings. The molecule has 4 rings (SSSR count). The van der Waals surface area contributed by atoms with E-state index in [2.05, 4.69) is 41.5 Å². The van der Waals surface area contributed by atoms with E-state index in [1.165, 1.54) is 12.4 Å². The average Bonchev–Trinajstić information content (AvgIpc) is 2.75. The highest BCUT2D eigenvalue weighted by atomic mass is 79.9. The normalized spacial score (nSPS) is 10.7. The molecule has 0 aliphatic carbocycles. The second kappa shape index (κ2) is 8.40. The largest absolute Gasteiger partial charge is 0.497 e. The van der Waals surface area contributed by atoms with Crippen molar-refractivity contribution in [3.8, 4) is 5.75 Å². The molecule has 0 aliphatic rings. The fourth-order valence-electron chi connectivity index (χ4n) is 2.80. The standard InChI is InChI=1S/C21H17BrFN5O/c1-29-15-5-2-13(3-6-15)10-24-20-9-16-19(11-25-20)26-12-27-21(16)28-14-4-7-18(23)17(22)8-14/h2-9,11-12H,10H2,1H3,(H,24,25)(H,26,27,28). The Morgan fingerprint density at radius 1 is 1.03 bits per heavy atom. The second-order valence-electron chi connectivity index (χ2n) is 6.26. The van der Waals surface area contributed by atoms with Crippen LogP contribution in [0.5, 0.6) is 5.75 Å². The van der Waals surface area contributed by atoms with Crippen molar-refractivity contribution in [1.82, 2.24) is 15.0 Å². The molecule has 4 aromatic rings. The Balaban J connectivity index is 1.57. The lowest BCUT2D eigenvalue weighted by molar-refractivity contribution is 0.414. The number of nitrogens with one attached hydrogen (secondary N) is 2. The van der Waals surface area contributed by atoms with Gasteiger partial charge in [-0.15, -0.1) is 0 Å². The van der Waals surface area contributed by atoms with Crippen molar-refractivity contribution in [3.63, 3.8) is 0 Å².